The SMILES string of the molecule is CCCNC(=O)C1CC(=O)N(C2CCN(C(=O)OCC)CC2)C1. The Bertz CT molecular complexity index is 447. The Morgan fingerprint density at radius 1 is 1.26 bits per heavy atom. The molecule has 0 aromatic rings. The normalized spacial score (nSPS) is 22.3. The summed E-state index contributed by atoms with van der Waals surface area (Å²) in [6.07, 6.45) is 2.40. The molecular weight excluding hydrogens is 298 g/mol. The summed E-state index contributed by atoms with van der Waals surface area (Å²) >= 11 is 0. The molecule has 0 aliphatic carbocycles. The Labute approximate surface area is 137 Å². The predicted octanol–water partition coefficient (Wildman–Crippen LogP) is 0.982. The van der Waals surface area contributed by atoms with Gasteiger partial charge in [-0.05, 0) is 26.2 Å². The van der Waals surface area contributed by atoms with Gasteiger partial charge in [-0.2, -0.15) is 0 Å². The van der Waals surface area contributed by atoms with Crippen LogP contribution < -0.4 is 5.32 Å². The van der Waals surface area contributed by atoms with Gasteiger partial charge >= 0.3 is 6.09 Å². The number of carbonyl (C=O) groups excluding carboxylic acids is 3. The van der Waals surface area contributed by atoms with Crippen LogP contribution >= 0.6 is 0 Å². The number of hydrogen-bond acceptors (Lipinski definition) is 4. The predicted molar refractivity (Wildman–Crippen MR) is 84.7 cm³/mol. The molecule has 7 nitrogen and oxygen atoms in total. The second-order valence-corrected chi connectivity index (χ2v) is 6.16. The van der Waals surface area contributed by atoms with Crippen molar-refractivity contribution in [3.05, 3.63) is 0 Å². The van der Waals surface area contributed by atoms with E-state index in [1.54, 1.807) is 11.8 Å². The van der Waals surface area contributed by atoms with Gasteiger partial charge in [-0.1, -0.05) is 6.92 Å². The molecule has 3 amide bonds. The maximum Gasteiger partial charge on any atom is 0.409 e. The van der Waals surface area contributed by atoms with Crippen LogP contribution in [0.2, 0.25) is 0 Å². The van der Waals surface area contributed by atoms with Crippen LogP contribution in [0.3, 0.4) is 0 Å². The third-order valence-electron chi connectivity index (χ3n) is 4.51. The molecule has 0 saturated carbocycles. The number of nitrogens with one attached hydrogen (secondary N) is 1. The van der Waals surface area contributed by atoms with Crippen LogP contribution in [0.5, 0.6) is 0 Å². The van der Waals surface area contributed by atoms with E-state index in [0.717, 1.165) is 19.3 Å². The lowest BCUT2D eigenvalue weighted by molar-refractivity contribution is -0.131. The largest absolute Gasteiger partial charge is 0.450 e. The fraction of sp³-hybridized carbons (Fsp3) is 0.812. The van der Waals surface area contributed by atoms with E-state index in [-0.39, 0.29) is 29.9 Å². The molecule has 0 spiro atoms. The van der Waals surface area contributed by atoms with Gasteiger partial charge in [0.15, 0.2) is 0 Å². The molecule has 0 aromatic heterocycles. The Morgan fingerprint density at radius 2 is 1.96 bits per heavy atom. The molecule has 0 radical (unpaired) electrons. The molecular formula is C16H27N3O4. The van der Waals surface area contributed by atoms with E-state index >= 15 is 0 Å². The number of likely N-dealkylation sites (tertiary alicyclic amines) is 2. The summed E-state index contributed by atoms with van der Waals surface area (Å²) in [6.45, 7) is 6.51. The molecule has 23 heavy (non-hydrogen) atoms. The molecule has 1 N–H and O–H groups in total. The topological polar surface area (TPSA) is 79.0 Å². The van der Waals surface area contributed by atoms with Gasteiger partial charge in [0, 0.05) is 38.6 Å². The molecule has 2 aliphatic heterocycles. The Kier molecular flexibility index (Phi) is 6.24. The quantitative estimate of drug-likeness (QED) is 0.817. The van der Waals surface area contributed by atoms with E-state index in [9.17, 15) is 14.4 Å². The number of amides is 3. The third kappa shape index (κ3) is 4.36. The van der Waals surface area contributed by atoms with E-state index in [2.05, 4.69) is 5.32 Å². The average molecular weight is 325 g/mol. The van der Waals surface area contributed by atoms with Crippen LogP contribution in [0.15, 0.2) is 0 Å². The van der Waals surface area contributed by atoms with Crippen LogP contribution in [0, 0.1) is 5.92 Å². The van der Waals surface area contributed by atoms with Crippen molar-refractivity contribution in [3.63, 3.8) is 0 Å². The number of hydrogen-bond donors (Lipinski definition) is 1. The average Bonchev–Trinajstić information content (AvgIpc) is 2.95. The van der Waals surface area contributed by atoms with Crippen molar-refractivity contribution in [2.75, 3.05) is 32.8 Å². The first kappa shape index (κ1) is 17.6. The summed E-state index contributed by atoms with van der Waals surface area (Å²) in [7, 11) is 0. The fourth-order valence-corrected chi connectivity index (χ4v) is 3.23. The third-order valence-corrected chi connectivity index (χ3v) is 4.51. The lowest BCUT2D eigenvalue weighted by Crippen LogP contribution is -2.47. The molecule has 1 atom stereocenters. The van der Waals surface area contributed by atoms with E-state index in [4.69, 9.17) is 4.74 Å². The van der Waals surface area contributed by atoms with Gasteiger partial charge in [-0.15, -0.1) is 0 Å². The van der Waals surface area contributed by atoms with Gasteiger partial charge in [0.05, 0.1) is 12.5 Å². The van der Waals surface area contributed by atoms with Crippen LogP contribution in [-0.4, -0.2) is 66.5 Å². The smallest absolute Gasteiger partial charge is 0.409 e. The standard InChI is InChI=1S/C16H27N3O4/c1-3-7-17-15(21)12-10-14(20)19(11-12)13-5-8-18(9-6-13)16(22)23-4-2/h12-13H,3-11H2,1-2H3,(H,17,21). The fourth-order valence-electron chi connectivity index (χ4n) is 3.23. The number of rotatable bonds is 5. The summed E-state index contributed by atoms with van der Waals surface area (Å²) in [5.41, 5.74) is 0. The molecule has 2 saturated heterocycles. The zero-order valence-corrected chi connectivity index (χ0v) is 14.0. The van der Waals surface area contributed by atoms with Crippen molar-refractivity contribution in [2.24, 2.45) is 5.92 Å². The molecule has 1 unspecified atom stereocenters. The Hall–Kier alpha value is -1.79. The summed E-state index contributed by atoms with van der Waals surface area (Å²) in [5.74, 6) is -0.208. The number of carbonyl (C=O) groups is 3. The van der Waals surface area contributed by atoms with Crippen molar-refractivity contribution < 1.29 is 19.1 Å². The highest BCUT2D eigenvalue weighted by Gasteiger charge is 2.39. The second kappa shape index (κ2) is 8.17. The molecule has 2 heterocycles. The molecule has 2 fully saturated rings. The molecule has 0 bridgehead atoms. The Balaban J connectivity index is 1.83. The van der Waals surface area contributed by atoms with Gasteiger partial charge in [0.1, 0.15) is 0 Å². The highest BCUT2D eigenvalue weighted by molar-refractivity contribution is 5.89. The summed E-state index contributed by atoms with van der Waals surface area (Å²) in [5, 5.41) is 2.87. The van der Waals surface area contributed by atoms with Crippen molar-refractivity contribution in [1.82, 2.24) is 15.1 Å². The maximum atomic E-state index is 12.2. The van der Waals surface area contributed by atoms with E-state index in [1.165, 1.54) is 0 Å². The highest BCUT2D eigenvalue weighted by atomic mass is 16.6. The van der Waals surface area contributed by atoms with Gasteiger partial charge in [-0.3, -0.25) is 9.59 Å². The van der Waals surface area contributed by atoms with Gasteiger partial charge in [0.2, 0.25) is 11.8 Å². The zero-order valence-electron chi connectivity index (χ0n) is 14.0. The van der Waals surface area contributed by atoms with Gasteiger partial charge in [0.25, 0.3) is 0 Å². The van der Waals surface area contributed by atoms with Crippen molar-refractivity contribution >= 4 is 17.9 Å². The minimum Gasteiger partial charge on any atom is -0.450 e. The Morgan fingerprint density at radius 3 is 2.57 bits per heavy atom. The minimum absolute atomic E-state index is 0.0216. The van der Waals surface area contributed by atoms with Crippen LogP contribution in [0.1, 0.15) is 39.5 Å². The van der Waals surface area contributed by atoms with Crippen LogP contribution in [-0.2, 0) is 14.3 Å². The van der Waals surface area contributed by atoms with Gasteiger partial charge < -0.3 is 19.9 Å². The van der Waals surface area contributed by atoms with E-state index in [0.29, 0.717) is 39.2 Å². The lowest BCUT2D eigenvalue weighted by Gasteiger charge is -2.36. The molecule has 7 heteroatoms. The number of nitrogens with zero attached hydrogens (tertiary/aromatic N) is 2. The van der Waals surface area contributed by atoms with E-state index < -0.39 is 0 Å². The monoisotopic (exact) mass is 325 g/mol. The molecule has 2 aliphatic rings. The maximum absolute atomic E-state index is 12.2. The first-order valence-electron chi connectivity index (χ1n) is 8.55. The van der Waals surface area contributed by atoms with Gasteiger partial charge in [-0.25, -0.2) is 4.79 Å². The number of ether oxygens (including phenoxy) is 1. The molecule has 0 aromatic carbocycles. The van der Waals surface area contributed by atoms with Crippen molar-refractivity contribution in [1.29, 1.82) is 0 Å². The van der Waals surface area contributed by atoms with Crippen molar-refractivity contribution in [3.8, 4) is 0 Å². The van der Waals surface area contributed by atoms with Crippen LogP contribution in [0.4, 0.5) is 4.79 Å². The lowest BCUT2D eigenvalue weighted by atomic mass is 10.0. The second-order valence-electron chi connectivity index (χ2n) is 6.16. The zero-order chi connectivity index (χ0) is 16.8. The van der Waals surface area contributed by atoms with Crippen LogP contribution in [0.25, 0.3) is 0 Å². The molecule has 2 rings (SSSR count). The summed E-state index contributed by atoms with van der Waals surface area (Å²) in [4.78, 5) is 39.5. The first-order valence-corrected chi connectivity index (χ1v) is 8.55. The van der Waals surface area contributed by atoms with E-state index in [1.807, 2.05) is 11.8 Å². The summed E-state index contributed by atoms with van der Waals surface area (Å²) in [6, 6.07) is 0.122. The highest BCUT2D eigenvalue weighted by Crippen LogP contribution is 2.26. The number of piperidine rings is 1. The first-order chi connectivity index (χ1) is 11.1. The minimum atomic E-state index is -0.282. The van der Waals surface area contributed by atoms with Crippen molar-refractivity contribution in [2.45, 2.75) is 45.6 Å². The molecule has 130 valence electrons. The summed E-state index contributed by atoms with van der Waals surface area (Å²) < 4.78 is 5.00.